The van der Waals surface area contributed by atoms with Crippen LogP contribution in [0, 0.1) is 5.92 Å². The lowest BCUT2D eigenvalue weighted by molar-refractivity contribution is -0.287. The standard InChI is InChI=1S/C20H19F3N2O6/c1-30-12-6-3-10(4-7-12)17(27)15-16(11-5-8-13(26)14(9-11)31-2)24-18(28)25-19(15,29)20(21,22)23/h3-9,15-16,26,29H,1-2H3,(H2,24,25,28)/t15-,16+,19+/m0/s1. The number of urea groups is 1. The maximum absolute atomic E-state index is 13.9. The van der Waals surface area contributed by atoms with Crippen molar-refractivity contribution in [1.82, 2.24) is 10.6 Å². The topological polar surface area (TPSA) is 117 Å². The van der Waals surface area contributed by atoms with Gasteiger partial charge in [0.15, 0.2) is 17.3 Å². The maximum Gasteiger partial charge on any atom is 0.437 e. The highest BCUT2D eigenvalue weighted by Crippen LogP contribution is 2.45. The van der Waals surface area contributed by atoms with Crippen molar-refractivity contribution in [3.63, 3.8) is 0 Å². The van der Waals surface area contributed by atoms with Crippen molar-refractivity contribution in [3.8, 4) is 17.2 Å². The van der Waals surface area contributed by atoms with E-state index in [0.29, 0.717) is 5.75 Å². The predicted molar refractivity (Wildman–Crippen MR) is 101 cm³/mol. The van der Waals surface area contributed by atoms with Gasteiger partial charge >= 0.3 is 12.2 Å². The Balaban J connectivity index is 2.16. The van der Waals surface area contributed by atoms with Crippen LogP contribution in [0.2, 0.25) is 0 Å². The van der Waals surface area contributed by atoms with Crippen LogP contribution in [0.4, 0.5) is 18.0 Å². The average molecular weight is 440 g/mol. The van der Waals surface area contributed by atoms with E-state index in [4.69, 9.17) is 9.47 Å². The highest BCUT2D eigenvalue weighted by atomic mass is 19.4. The van der Waals surface area contributed by atoms with E-state index in [2.05, 4.69) is 5.32 Å². The van der Waals surface area contributed by atoms with Gasteiger partial charge in [0, 0.05) is 5.56 Å². The van der Waals surface area contributed by atoms with Crippen molar-refractivity contribution in [2.45, 2.75) is 17.9 Å². The first-order valence-electron chi connectivity index (χ1n) is 8.94. The Hall–Kier alpha value is -3.47. The molecule has 4 N–H and O–H groups in total. The van der Waals surface area contributed by atoms with Crippen LogP contribution in [-0.4, -0.2) is 48.1 Å². The molecule has 0 aromatic heterocycles. The minimum absolute atomic E-state index is 0.0130. The van der Waals surface area contributed by atoms with Crippen LogP contribution in [0.5, 0.6) is 17.2 Å². The summed E-state index contributed by atoms with van der Waals surface area (Å²) in [6.45, 7) is 0. The largest absolute Gasteiger partial charge is 0.504 e. The Morgan fingerprint density at radius 3 is 2.29 bits per heavy atom. The number of ether oxygens (including phenoxy) is 2. The van der Waals surface area contributed by atoms with Crippen LogP contribution in [0.15, 0.2) is 42.5 Å². The molecule has 0 radical (unpaired) electrons. The minimum Gasteiger partial charge on any atom is -0.504 e. The molecule has 0 aliphatic carbocycles. The third-order valence-electron chi connectivity index (χ3n) is 5.03. The number of halogens is 3. The van der Waals surface area contributed by atoms with Crippen LogP contribution in [0.25, 0.3) is 0 Å². The summed E-state index contributed by atoms with van der Waals surface area (Å²) in [4.78, 5) is 25.2. The first-order valence-corrected chi connectivity index (χ1v) is 8.94. The number of alkyl halides is 3. The van der Waals surface area contributed by atoms with Gasteiger partial charge in [-0.3, -0.25) is 4.79 Å². The molecule has 1 fully saturated rings. The molecule has 1 aliphatic rings. The number of ketones is 1. The molecule has 0 unspecified atom stereocenters. The van der Waals surface area contributed by atoms with Gasteiger partial charge in [-0.2, -0.15) is 13.2 Å². The summed E-state index contributed by atoms with van der Waals surface area (Å²) in [5, 5.41) is 24.1. The van der Waals surface area contributed by atoms with Gasteiger partial charge in [-0.25, -0.2) is 4.79 Å². The second kappa shape index (κ2) is 7.99. The van der Waals surface area contributed by atoms with Crippen molar-refractivity contribution < 1.29 is 42.4 Å². The molecule has 3 rings (SSSR count). The molecule has 0 saturated carbocycles. The Bertz CT molecular complexity index is 995. The summed E-state index contributed by atoms with van der Waals surface area (Å²) < 4.78 is 51.7. The summed E-state index contributed by atoms with van der Waals surface area (Å²) in [7, 11) is 2.61. The number of aromatic hydroxyl groups is 1. The zero-order chi connectivity index (χ0) is 23.0. The van der Waals surface area contributed by atoms with Gasteiger partial charge in [-0.15, -0.1) is 0 Å². The molecular formula is C20H19F3N2O6. The number of Topliss-reactive ketones (excluding diaryl/α,β-unsaturated/α-hetero) is 1. The summed E-state index contributed by atoms with van der Waals surface area (Å²) in [5.74, 6) is -3.29. The summed E-state index contributed by atoms with van der Waals surface area (Å²) in [6.07, 6.45) is -5.38. The van der Waals surface area contributed by atoms with Crippen molar-refractivity contribution in [3.05, 3.63) is 53.6 Å². The number of aliphatic hydroxyl groups is 1. The monoisotopic (exact) mass is 440 g/mol. The maximum atomic E-state index is 13.9. The van der Waals surface area contributed by atoms with Gasteiger partial charge in [0.25, 0.3) is 0 Å². The quantitative estimate of drug-likeness (QED) is 0.531. The Labute approximate surface area is 174 Å². The molecule has 11 heteroatoms. The van der Waals surface area contributed by atoms with E-state index in [1.54, 1.807) is 0 Å². The van der Waals surface area contributed by atoms with E-state index in [1.807, 2.05) is 0 Å². The fraction of sp³-hybridized carbons (Fsp3) is 0.300. The predicted octanol–water partition coefficient (Wildman–Crippen LogP) is 2.51. The third kappa shape index (κ3) is 3.96. The molecule has 8 nitrogen and oxygen atoms in total. The Morgan fingerprint density at radius 1 is 1.10 bits per heavy atom. The summed E-state index contributed by atoms with van der Waals surface area (Å²) in [5.41, 5.74) is -3.98. The fourth-order valence-corrected chi connectivity index (χ4v) is 3.44. The third-order valence-corrected chi connectivity index (χ3v) is 5.03. The Kier molecular flexibility index (Phi) is 5.72. The lowest BCUT2D eigenvalue weighted by atomic mass is 9.77. The first kappa shape index (κ1) is 22.2. The lowest BCUT2D eigenvalue weighted by Gasteiger charge is -2.45. The Morgan fingerprint density at radius 2 is 1.74 bits per heavy atom. The molecule has 2 aromatic rings. The zero-order valence-electron chi connectivity index (χ0n) is 16.4. The van der Waals surface area contributed by atoms with Gasteiger partial charge in [-0.1, -0.05) is 6.07 Å². The molecular weight excluding hydrogens is 421 g/mol. The lowest BCUT2D eigenvalue weighted by Crippen LogP contribution is -2.72. The SMILES string of the molecule is COc1ccc(C(=O)[C@@H]2[C@@H](c3ccc(O)c(OC)c3)NC(=O)N[C@]2(O)C(F)(F)F)cc1. The number of phenolic OH excluding ortho intramolecular Hbond substituents is 1. The van der Waals surface area contributed by atoms with Gasteiger partial charge in [0.2, 0.25) is 5.72 Å². The number of hydrogen-bond acceptors (Lipinski definition) is 6. The number of phenols is 1. The van der Waals surface area contributed by atoms with E-state index in [-0.39, 0.29) is 22.6 Å². The van der Waals surface area contributed by atoms with Gasteiger partial charge in [-0.05, 0) is 42.0 Å². The van der Waals surface area contributed by atoms with Crippen LogP contribution in [0.1, 0.15) is 22.0 Å². The highest BCUT2D eigenvalue weighted by Gasteiger charge is 2.66. The molecule has 0 bridgehead atoms. The number of nitrogens with one attached hydrogen (secondary N) is 2. The minimum atomic E-state index is -5.38. The summed E-state index contributed by atoms with van der Waals surface area (Å²) in [6, 6.07) is 5.90. The van der Waals surface area contributed by atoms with E-state index in [9.17, 15) is 33.0 Å². The van der Waals surface area contributed by atoms with E-state index >= 15 is 0 Å². The van der Waals surface area contributed by atoms with Crippen LogP contribution >= 0.6 is 0 Å². The molecule has 0 spiro atoms. The van der Waals surface area contributed by atoms with E-state index < -0.39 is 35.7 Å². The zero-order valence-corrected chi connectivity index (χ0v) is 16.4. The number of methoxy groups -OCH3 is 2. The molecule has 2 aromatic carbocycles. The average Bonchev–Trinajstić information content (AvgIpc) is 2.72. The number of carbonyl (C=O) groups is 2. The number of rotatable bonds is 5. The molecule has 1 aliphatic heterocycles. The smallest absolute Gasteiger partial charge is 0.437 e. The van der Waals surface area contributed by atoms with Gasteiger partial charge in [0.1, 0.15) is 11.7 Å². The number of hydrogen-bond donors (Lipinski definition) is 4. The fourth-order valence-electron chi connectivity index (χ4n) is 3.44. The molecule has 31 heavy (non-hydrogen) atoms. The van der Waals surface area contributed by atoms with Crippen LogP contribution in [-0.2, 0) is 0 Å². The molecule has 166 valence electrons. The second-order valence-corrected chi connectivity index (χ2v) is 6.84. The normalized spacial score (nSPS) is 23.5. The van der Waals surface area contributed by atoms with Crippen molar-refractivity contribution in [2.24, 2.45) is 5.92 Å². The van der Waals surface area contributed by atoms with E-state index in [1.165, 1.54) is 55.9 Å². The van der Waals surface area contributed by atoms with Crippen LogP contribution < -0.4 is 20.1 Å². The van der Waals surface area contributed by atoms with Crippen molar-refractivity contribution in [1.29, 1.82) is 0 Å². The van der Waals surface area contributed by atoms with Crippen molar-refractivity contribution >= 4 is 11.8 Å². The van der Waals surface area contributed by atoms with Gasteiger partial charge < -0.3 is 30.3 Å². The molecule has 1 heterocycles. The highest BCUT2D eigenvalue weighted by molar-refractivity contribution is 6.00. The van der Waals surface area contributed by atoms with E-state index in [0.717, 1.165) is 6.07 Å². The second-order valence-electron chi connectivity index (χ2n) is 6.84. The first-order chi connectivity index (χ1) is 14.5. The molecule has 3 atom stereocenters. The summed E-state index contributed by atoms with van der Waals surface area (Å²) >= 11 is 0. The number of benzene rings is 2. The van der Waals surface area contributed by atoms with Gasteiger partial charge in [0.05, 0.1) is 20.3 Å². The van der Waals surface area contributed by atoms with Crippen molar-refractivity contribution in [2.75, 3.05) is 14.2 Å². The number of carbonyl (C=O) groups excluding carboxylic acids is 2. The molecule has 2 amide bonds. The molecule has 1 saturated heterocycles. The number of amides is 2. The van der Waals surface area contributed by atoms with Crippen LogP contribution in [0.3, 0.4) is 0 Å².